The number of hydrogen-bond acceptors (Lipinski definition) is 3. The summed E-state index contributed by atoms with van der Waals surface area (Å²) in [6.45, 7) is 0.462. The average molecular weight is 187 g/mol. The minimum Gasteiger partial charge on any atom is -0.492 e. The van der Waals surface area contributed by atoms with Gasteiger partial charge < -0.3 is 4.74 Å². The summed E-state index contributed by atoms with van der Waals surface area (Å²) in [5.41, 5.74) is 1.48. The normalized spacial score (nSPS) is 14.1. The molecule has 0 radical (unpaired) electrons. The van der Waals surface area contributed by atoms with E-state index in [1.165, 1.54) is 0 Å². The molecule has 70 valence electrons. The van der Waals surface area contributed by atoms with E-state index in [1.54, 1.807) is 12.1 Å². The summed E-state index contributed by atoms with van der Waals surface area (Å²) in [5.74, 6) is 0.744. The lowest BCUT2D eigenvalue weighted by Crippen LogP contribution is -2.15. The van der Waals surface area contributed by atoms with Crippen molar-refractivity contribution >= 4 is 5.78 Å². The second-order valence-electron chi connectivity index (χ2n) is 3.19. The molecule has 1 heterocycles. The van der Waals surface area contributed by atoms with E-state index in [1.807, 2.05) is 6.07 Å². The number of rotatable bonds is 1. The summed E-state index contributed by atoms with van der Waals surface area (Å²) in [7, 11) is 0. The Kier molecular flexibility index (Phi) is 2.19. The number of nitrogens with zero attached hydrogens (tertiary/aromatic N) is 1. The third-order valence-electron chi connectivity index (χ3n) is 2.21. The first-order chi connectivity index (χ1) is 6.81. The van der Waals surface area contributed by atoms with Gasteiger partial charge in [0.25, 0.3) is 0 Å². The molecule has 0 amide bonds. The van der Waals surface area contributed by atoms with E-state index in [0.29, 0.717) is 30.8 Å². The molecule has 0 aliphatic carbocycles. The fraction of sp³-hybridized carbons (Fsp3) is 0.273. The molecule has 1 aromatic carbocycles. The molecule has 0 aromatic heterocycles. The Bertz CT molecular complexity index is 418. The van der Waals surface area contributed by atoms with Crippen molar-refractivity contribution in [2.24, 2.45) is 0 Å². The Labute approximate surface area is 81.9 Å². The van der Waals surface area contributed by atoms with Crippen LogP contribution >= 0.6 is 0 Å². The van der Waals surface area contributed by atoms with Crippen LogP contribution in [0.25, 0.3) is 0 Å². The Balaban J connectivity index is 2.42. The maximum Gasteiger partial charge on any atom is 0.170 e. The predicted octanol–water partition coefficient (Wildman–Crippen LogP) is 1.72. The molecule has 3 nitrogen and oxygen atoms in total. The van der Waals surface area contributed by atoms with Gasteiger partial charge in [-0.1, -0.05) is 6.07 Å². The Morgan fingerprint density at radius 1 is 1.50 bits per heavy atom. The molecule has 2 rings (SSSR count). The molecule has 0 bridgehead atoms. The lowest BCUT2D eigenvalue weighted by atomic mass is 10.0. The van der Waals surface area contributed by atoms with Crippen LogP contribution in [0, 0.1) is 11.3 Å². The molecule has 3 heteroatoms. The van der Waals surface area contributed by atoms with Gasteiger partial charge in [-0.25, -0.2) is 0 Å². The van der Waals surface area contributed by atoms with Gasteiger partial charge in [-0.3, -0.25) is 4.79 Å². The molecule has 0 spiro atoms. The monoisotopic (exact) mass is 187 g/mol. The molecular formula is C11H9NO2. The number of ether oxygens (including phenoxy) is 1. The first-order valence-corrected chi connectivity index (χ1v) is 4.47. The summed E-state index contributed by atoms with van der Waals surface area (Å²) in [4.78, 5) is 11.5. The van der Waals surface area contributed by atoms with E-state index in [-0.39, 0.29) is 5.78 Å². The maximum absolute atomic E-state index is 11.5. The summed E-state index contributed by atoms with van der Waals surface area (Å²) in [5, 5.41) is 8.52. The summed E-state index contributed by atoms with van der Waals surface area (Å²) in [6.07, 6.45) is 0.767. The van der Waals surface area contributed by atoms with E-state index in [4.69, 9.17) is 10.00 Å². The molecule has 0 fully saturated rings. The highest BCUT2D eigenvalue weighted by atomic mass is 16.5. The number of fused-ring (bicyclic) bond motifs is 1. The number of hydrogen-bond donors (Lipinski definition) is 0. The molecular weight excluding hydrogens is 178 g/mol. The van der Waals surface area contributed by atoms with Crippen LogP contribution < -0.4 is 4.74 Å². The molecule has 0 unspecified atom stereocenters. The van der Waals surface area contributed by atoms with Gasteiger partial charge in [0.2, 0.25) is 0 Å². The molecule has 0 saturated heterocycles. The van der Waals surface area contributed by atoms with Crippen molar-refractivity contribution in [2.75, 3.05) is 6.61 Å². The number of carbonyl (C=O) groups is 1. The predicted molar refractivity (Wildman–Crippen MR) is 50.2 cm³/mol. The van der Waals surface area contributed by atoms with Crippen molar-refractivity contribution in [3.8, 4) is 11.8 Å². The third kappa shape index (κ3) is 1.47. The molecule has 0 N–H and O–H groups in total. The molecule has 1 aliphatic heterocycles. The fourth-order valence-corrected chi connectivity index (χ4v) is 1.51. The topological polar surface area (TPSA) is 50.1 Å². The molecule has 1 aliphatic rings. The zero-order valence-corrected chi connectivity index (χ0v) is 7.62. The van der Waals surface area contributed by atoms with Gasteiger partial charge in [-0.05, 0) is 17.7 Å². The van der Waals surface area contributed by atoms with Crippen molar-refractivity contribution < 1.29 is 9.53 Å². The molecule has 0 saturated carbocycles. The number of Topliss-reactive ketones (excluding diaryl/α,β-unsaturated/α-hetero) is 1. The van der Waals surface area contributed by atoms with Gasteiger partial charge in [0.15, 0.2) is 5.78 Å². The first kappa shape index (κ1) is 8.76. The lowest BCUT2D eigenvalue weighted by molar-refractivity contribution is 0.0933. The quantitative estimate of drug-likeness (QED) is 0.672. The highest BCUT2D eigenvalue weighted by Crippen LogP contribution is 2.25. The first-order valence-electron chi connectivity index (χ1n) is 4.47. The van der Waals surface area contributed by atoms with Crippen LogP contribution in [0.15, 0.2) is 18.2 Å². The lowest BCUT2D eigenvalue weighted by Gasteiger charge is -2.16. The zero-order valence-electron chi connectivity index (χ0n) is 7.62. The van der Waals surface area contributed by atoms with Crippen LogP contribution in [0.4, 0.5) is 0 Å². The Hall–Kier alpha value is -1.82. The standard InChI is InChI=1S/C11H9NO2/c12-5-3-8-1-2-11-9(7-8)10(13)4-6-14-11/h1-2,7H,3-4,6H2. The van der Waals surface area contributed by atoms with Crippen molar-refractivity contribution in [1.29, 1.82) is 5.26 Å². The van der Waals surface area contributed by atoms with E-state index in [0.717, 1.165) is 5.56 Å². The van der Waals surface area contributed by atoms with Gasteiger partial charge in [0, 0.05) is 6.42 Å². The van der Waals surface area contributed by atoms with Crippen LogP contribution in [0.5, 0.6) is 5.75 Å². The van der Waals surface area contributed by atoms with Gasteiger partial charge in [-0.2, -0.15) is 5.26 Å². The van der Waals surface area contributed by atoms with E-state index in [2.05, 4.69) is 6.07 Å². The fourth-order valence-electron chi connectivity index (χ4n) is 1.51. The maximum atomic E-state index is 11.5. The van der Waals surface area contributed by atoms with Crippen LogP contribution in [0.1, 0.15) is 22.3 Å². The highest BCUT2D eigenvalue weighted by Gasteiger charge is 2.18. The summed E-state index contributed by atoms with van der Waals surface area (Å²) >= 11 is 0. The number of benzene rings is 1. The average Bonchev–Trinajstić information content (AvgIpc) is 2.20. The second kappa shape index (κ2) is 3.51. The van der Waals surface area contributed by atoms with Crippen LogP contribution in [0.2, 0.25) is 0 Å². The van der Waals surface area contributed by atoms with Crippen LogP contribution in [-0.4, -0.2) is 12.4 Å². The van der Waals surface area contributed by atoms with Gasteiger partial charge in [0.1, 0.15) is 5.75 Å². The van der Waals surface area contributed by atoms with E-state index >= 15 is 0 Å². The van der Waals surface area contributed by atoms with Gasteiger partial charge in [0.05, 0.1) is 24.7 Å². The number of carbonyl (C=O) groups excluding carboxylic acids is 1. The SMILES string of the molecule is N#CCc1ccc2c(c1)C(=O)CCO2. The van der Waals surface area contributed by atoms with Crippen molar-refractivity contribution in [2.45, 2.75) is 12.8 Å². The largest absolute Gasteiger partial charge is 0.492 e. The van der Waals surface area contributed by atoms with Crippen molar-refractivity contribution in [3.05, 3.63) is 29.3 Å². The smallest absolute Gasteiger partial charge is 0.170 e. The minimum atomic E-state index is 0.103. The van der Waals surface area contributed by atoms with Crippen LogP contribution in [-0.2, 0) is 6.42 Å². The highest BCUT2D eigenvalue weighted by molar-refractivity contribution is 5.99. The zero-order chi connectivity index (χ0) is 9.97. The molecule has 1 aromatic rings. The van der Waals surface area contributed by atoms with Crippen molar-refractivity contribution in [1.82, 2.24) is 0 Å². The van der Waals surface area contributed by atoms with Crippen molar-refractivity contribution in [3.63, 3.8) is 0 Å². The number of ketones is 1. The van der Waals surface area contributed by atoms with Gasteiger partial charge in [-0.15, -0.1) is 0 Å². The van der Waals surface area contributed by atoms with E-state index < -0.39 is 0 Å². The Morgan fingerprint density at radius 2 is 2.36 bits per heavy atom. The Morgan fingerprint density at radius 3 is 3.14 bits per heavy atom. The minimum absolute atomic E-state index is 0.103. The molecule has 0 atom stereocenters. The number of nitriles is 1. The summed E-state index contributed by atoms with van der Waals surface area (Å²) < 4.78 is 5.32. The molecule has 14 heavy (non-hydrogen) atoms. The van der Waals surface area contributed by atoms with E-state index in [9.17, 15) is 4.79 Å². The third-order valence-corrected chi connectivity index (χ3v) is 2.21. The van der Waals surface area contributed by atoms with Gasteiger partial charge >= 0.3 is 0 Å². The second-order valence-corrected chi connectivity index (χ2v) is 3.19. The van der Waals surface area contributed by atoms with Crippen LogP contribution in [0.3, 0.4) is 0 Å². The summed E-state index contributed by atoms with van der Waals surface area (Å²) in [6, 6.07) is 7.39.